The number of hydrogen-bond acceptors (Lipinski definition) is 5. The second-order valence-corrected chi connectivity index (χ2v) is 5.38. The van der Waals surface area contributed by atoms with Crippen molar-refractivity contribution >= 4 is 17.6 Å². The van der Waals surface area contributed by atoms with E-state index in [4.69, 9.17) is 5.11 Å². The van der Waals surface area contributed by atoms with Crippen molar-refractivity contribution in [2.45, 2.75) is 46.6 Å². The number of carbonyl (C=O) groups is 2. The molecule has 1 rings (SSSR count). The second-order valence-electron chi connectivity index (χ2n) is 5.38. The van der Waals surface area contributed by atoms with Crippen molar-refractivity contribution in [3.8, 4) is 0 Å². The monoisotopic (exact) mass is 326 g/mol. The summed E-state index contributed by atoms with van der Waals surface area (Å²) in [6.07, 6.45) is 1.30. The van der Waals surface area contributed by atoms with Crippen LogP contribution in [-0.4, -0.2) is 38.2 Å². The molecule has 9 nitrogen and oxygen atoms in total. The summed E-state index contributed by atoms with van der Waals surface area (Å²) in [7, 11) is 0. The maximum atomic E-state index is 11.8. The first-order valence-corrected chi connectivity index (χ1v) is 7.45. The fourth-order valence-electron chi connectivity index (χ4n) is 2.36. The molecule has 128 valence electrons. The number of carboxylic acid groups (broad SMARTS) is 1. The minimum atomic E-state index is -0.929. The van der Waals surface area contributed by atoms with Crippen LogP contribution in [0.4, 0.5) is 5.69 Å². The van der Waals surface area contributed by atoms with E-state index in [2.05, 4.69) is 10.4 Å². The topological polar surface area (TPSA) is 127 Å². The molecule has 0 radical (unpaired) electrons. The summed E-state index contributed by atoms with van der Waals surface area (Å²) in [5.74, 6) is -1.83. The molecule has 1 amide bonds. The number of rotatable bonds is 9. The van der Waals surface area contributed by atoms with Crippen LogP contribution in [-0.2, 0) is 16.1 Å². The van der Waals surface area contributed by atoms with Crippen molar-refractivity contribution in [1.82, 2.24) is 15.1 Å². The fraction of sp³-hybridized carbons (Fsp3) is 0.643. The summed E-state index contributed by atoms with van der Waals surface area (Å²) < 4.78 is 1.42. The standard InChI is InChI=1S/C14H22N4O5/c1-4-5-11(14(20)21)8-15-12(19)6-7-17-10(3)13(18(22)23)9(2)16-17/h11H,4-8H2,1-3H3,(H,15,19)(H,20,21). The Morgan fingerprint density at radius 1 is 1.43 bits per heavy atom. The molecule has 0 aliphatic heterocycles. The molecule has 0 bridgehead atoms. The van der Waals surface area contributed by atoms with Crippen LogP contribution >= 0.6 is 0 Å². The highest BCUT2D eigenvalue weighted by molar-refractivity contribution is 5.77. The highest BCUT2D eigenvalue weighted by atomic mass is 16.6. The third kappa shape index (κ3) is 5.04. The average Bonchev–Trinajstić information content (AvgIpc) is 2.75. The first kappa shape index (κ1) is 18.6. The van der Waals surface area contributed by atoms with Crippen LogP contribution in [0.3, 0.4) is 0 Å². The molecule has 0 saturated carbocycles. The van der Waals surface area contributed by atoms with E-state index in [1.807, 2.05) is 6.92 Å². The van der Waals surface area contributed by atoms with Gasteiger partial charge in [-0.05, 0) is 20.3 Å². The van der Waals surface area contributed by atoms with E-state index in [9.17, 15) is 19.7 Å². The normalized spacial score (nSPS) is 12.0. The van der Waals surface area contributed by atoms with E-state index in [0.29, 0.717) is 17.8 Å². The molecule has 0 saturated heterocycles. The number of carboxylic acids is 1. The summed E-state index contributed by atoms with van der Waals surface area (Å²) in [5, 5.41) is 26.6. The molecule has 0 aromatic carbocycles. The molecule has 1 heterocycles. The van der Waals surface area contributed by atoms with E-state index in [1.165, 1.54) is 4.68 Å². The van der Waals surface area contributed by atoms with Gasteiger partial charge in [-0.15, -0.1) is 0 Å². The Hall–Kier alpha value is -2.45. The van der Waals surface area contributed by atoms with Crippen LogP contribution in [0.25, 0.3) is 0 Å². The number of nitro groups is 1. The van der Waals surface area contributed by atoms with E-state index in [-0.39, 0.29) is 31.1 Å². The zero-order valence-corrected chi connectivity index (χ0v) is 13.5. The number of carbonyl (C=O) groups excluding carboxylic acids is 1. The highest BCUT2D eigenvalue weighted by Crippen LogP contribution is 2.21. The van der Waals surface area contributed by atoms with Crippen LogP contribution in [0.2, 0.25) is 0 Å². The van der Waals surface area contributed by atoms with Crippen molar-refractivity contribution in [3.05, 3.63) is 21.5 Å². The third-order valence-electron chi connectivity index (χ3n) is 3.61. The van der Waals surface area contributed by atoms with E-state index < -0.39 is 16.8 Å². The summed E-state index contributed by atoms with van der Waals surface area (Å²) >= 11 is 0. The average molecular weight is 326 g/mol. The Morgan fingerprint density at radius 3 is 2.57 bits per heavy atom. The van der Waals surface area contributed by atoms with Crippen LogP contribution in [0.15, 0.2) is 0 Å². The van der Waals surface area contributed by atoms with E-state index >= 15 is 0 Å². The van der Waals surface area contributed by atoms with Crippen molar-refractivity contribution in [3.63, 3.8) is 0 Å². The molecule has 23 heavy (non-hydrogen) atoms. The summed E-state index contributed by atoms with van der Waals surface area (Å²) in [6, 6.07) is 0. The first-order chi connectivity index (χ1) is 10.8. The van der Waals surface area contributed by atoms with Crippen LogP contribution < -0.4 is 5.32 Å². The van der Waals surface area contributed by atoms with Crippen molar-refractivity contribution in [1.29, 1.82) is 0 Å². The molecule has 0 aliphatic rings. The molecule has 9 heteroatoms. The van der Waals surface area contributed by atoms with Gasteiger partial charge in [-0.3, -0.25) is 24.4 Å². The predicted molar refractivity (Wildman–Crippen MR) is 82.0 cm³/mol. The molecule has 1 atom stereocenters. The minimum Gasteiger partial charge on any atom is -0.481 e. The zero-order chi connectivity index (χ0) is 17.6. The quantitative estimate of drug-likeness (QED) is 0.522. The number of hydrogen-bond donors (Lipinski definition) is 2. The molecule has 2 N–H and O–H groups in total. The number of aromatic nitrogens is 2. The highest BCUT2D eigenvalue weighted by Gasteiger charge is 2.22. The number of aryl methyl sites for hydroxylation is 2. The lowest BCUT2D eigenvalue weighted by atomic mass is 10.0. The van der Waals surface area contributed by atoms with Crippen LogP contribution in [0.1, 0.15) is 37.6 Å². The summed E-state index contributed by atoms with van der Waals surface area (Å²) in [5.41, 5.74) is 0.663. The number of nitrogens with one attached hydrogen (secondary N) is 1. The fourth-order valence-corrected chi connectivity index (χ4v) is 2.36. The van der Waals surface area contributed by atoms with Crippen LogP contribution in [0, 0.1) is 29.9 Å². The van der Waals surface area contributed by atoms with Gasteiger partial charge in [0.1, 0.15) is 11.4 Å². The van der Waals surface area contributed by atoms with E-state index in [1.54, 1.807) is 13.8 Å². The van der Waals surface area contributed by atoms with Crippen molar-refractivity contribution < 1.29 is 19.6 Å². The smallest absolute Gasteiger partial charge is 0.312 e. The van der Waals surface area contributed by atoms with Gasteiger partial charge in [-0.2, -0.15) is 5.10 Å². The molecular weight excluding hydrogens is 304 g/mol. The summed E-state index contributed by atoms with van der Waals surface area (Å²) in [4.78, 5) is 33.2. The lowest BCUT2D eigenvalue weighted by Crippen LogP contribution is -2.33. The number of nitrogens with zero attached hydrogens (tertiary/aromatic N) is 3. The van der Waals surface area contributed by atoms with Gasteiger partial charge in [0.2, 0.25) is 5.91 Å². The molecule has 0 spiro atoms. The van der Waals surface area contributed by atoms with Crippen LogP contribution in [0.5, 0.6) is 0 Å². The SMILES string of the molecule is CCCC(CNC(=O)CCn1nc(C)c([N+](=O)[O-])c1C)C(=O)O. The largest absolute Gasteiger partial charge is 0.481 e. The maximum Gasteiger partial charge on any atom is 0.312 e. The first-order valence-electron chi connectivity index (χ1n) is 7.45. The Kier molecular flexibility index (Phi) is 6.67. The molecule has 0 aliphatic carbocycles. The lowest BCUT2D eigenvalue weighted by molar-refractivity contribution is -0.386. The van der Waals surface area contributed by atoms with Gasteiger partial charge in [-0.25, -0.2) is 0 Å². The maximum absolute atomic E-state index is 11.8. The van der Waals surface area contributed by atoms with Crippen molar-refractivity contribution in [2.24, 2.45) is 5.92 Å². The van der Waals surface area contributed by atoms with Gasteiger partial charge in [0, 0.05) is 13.0 Å². The van der Waals surface area contributed by atoms with Gasteiger partial charge in [0.25, 0.3) is 0 Å². The molecule has 1 unspecified atom stereocenters. The van der Waals surface area contributed by atoms with Gasteiger partial charge in [0.05, 0.1) is 17.4 Å². The van der Waals surface area contributed by atoms with Gasteiger partial charge in [-0.1, -0.05) is 13.3 Å². The Morgan fingerprint density at radius 2 is 2.09 bits per heavy atom. The Balaban J connectivity index is 2.55. The zero-order valence-electron chi connectivity index (χ0n) is 13.5. The third-order valence-corrected chi connectivity index (χ3v) is 3.61. The minimum absolute atomic E-state index is 0.0423. The van der Waals surface area contributed by atoms with Gasteiger partial charge >= 0.3 is 11.7 Å². The molecular formula is C14H22N4O5. The van der Waals surface area contributed by atoms with Gasteiger partial charge in [0.15, 0.2) is 0 Å². The Labute approximate surface area is 133 Å². The van der Waals surface area contributed by atoms with Gasteiger partial charge < -0.3 is 10.4 Å². The molecule has 0 fully saturated rings. The van der Waals surface area contributed by atoms with Crippen molar-refractivity contribution in [2.75, 3.05) is 6.54 Å². The van der Waals surface area contributed by atoms with E-state index in [0.717, 1.165) is 6.42 Å². The lowest BCUT2D eigenvalue weighted by Gasteiger charge is -2.12. The second kappa shape index (κ2) is 8.25. The number of aliphatic carboxylic acids is 1. The molecule has 1 aromatic heterocycles. The molecule has 1 aromatic rings. The number of amides is 1. The predicted octanol–water partition coefficient (Wildman–Crippen LogP) is 1.42. The Bertz CT molecular complexity index is 596. The summed E-state index contributed by atoms with van der Waals surface area (Å²) in [6.45, 7) is 5.30.